The highest BCUT2D eigenvalue weighted by molar-refractivity contribution is 5.56. The number of nitriles is 1. The molecule has 102 valence electrons. The Balaban J connectivity index is 2.27. The summed E-state index contributed by atoms with van der Waals surface area (Å²) in [5.41, 5.74) is 9.14. The van der Waals surface area contributed by atoms with E-state index >= 15 is 0 Å². The van der Waals surface area contributed by atoms with Gasteiger partial charge in [-0.15, -0.1) is 0 Å². The predicted octanol–water partition coefficient (Wildman–Crippen LogP) is 2.79. The lowest BCUT2D eigenvalue weighted by molar-refractivity contribution is 0.409. The third kappa shape index (κ3) is 3.01. The highest BCUT2D eigenvalue weighted by Gasteiger charge is 2.08. The van der Waals surface area contributed by atoms with Crippen molar-refractivity contribution in [1.82, 2.24) is 0 Å². The first-order valence-electron chi connectivity index (χ1n) is 6.27. The number of hydrogen-bond acceptors (Lipinski definition) is 4. The van der Waals surface area contributed by atoms with Crippen LogP contribution in [0.2, 0.25) is 0 Å². The summed E-state index contributed by atoms with van der Waals surface area (Å²) in [6, 6.07) is 15.3. The van der Waals surface area contributed by atoms with E-state index in [-0.39, 0.29) is 0 Å². The molecular formula is C16H17N3O. The zero-order chi connectivity index (χ0) is 14.5. The third-order valence-electron chi connectivity index (χ3n) is 3.13. The maximum absolute atomic E-state index is 8.99. The Morgan fingerprint density at radius 1 is 1.25 bits per heavy atom. The SMILES string of the molecule is COc1ccc(C#N)cc1CN(C)c1cccc(N)c1. The molecule has 20 heavy (non-hydrogen) atoms. The lowest BCUT2D eigenvalue weighted by Gasteiger charge is -2.21. The van der Waals surface area contributed by atoms with Crippen molar-refractivity contribution in [3.63, 3.8) is 0 Å². The molecule has 2 rings (SSSR count). The lowest BCUT2D eigenvalue weighted by atomic mass is 10.1. The molecule has 0 saturated carbocycles. The number of hydrogen-bond donors (Lipinski definition) is 1. The molecule has 0 aromatic heterocycles. The Labute approximate surface area is 119 Å². The van der Waals surface area contributed by atoms with E-state index < -0.39 is 0 Å². The molecule has 0 heterocycles. The third-order valence-corrected chi connectivity index (χ3v) is 3.13. The summed E-state index contributed by atoms with van der Waals surface area (Å²) in [6.45, 7) is 0.641. The summed E-state index contributed by atoms with van der Waals surface area (Å²) in [5.74, 6) is 0.778. The van der Waals surface area contributed by atoms with E-state index in [1.165, 1.54) is 0 Å². The second kappa shape index (κ2) is 5.98. The van der Waals surface area contributed by atoms with E-state index in [1.807, 2.05) is 43.4 Å². The van der Waals surface area contributed by atoms with E-state index in [2.05, 4.69) is 11.0 Å². The number of anilines is 2. The van der Waals surface area contributed by atoms with Crippen LogP contribution in [0.1, 0.15) is 11.1 Å². The van der Waals surface area contributed by atoms with Crippen LogP contribution in [-0.4, -0.2) is 14.2 Å². The van der Waals surface area contributed by atoms with Gasteiger partial charge in [-0.3, -0.25) is 0 Å². The standard InChI is InChI=1S/C16H17N3O/c1-19(15-5-3-4-14(18)9-15)11-13-8-12(10-17)6-7-16(13)20-2/h3-9H,11,18H2,1-2H3. The van der Waals surface area contributed by atoms with E-state index in [0.29, 0.717) is 12.1 Å². The van der Waals surface area contributed by atoms with Crippen molar-refractivity contribution in [2.75, 3.05) is 24.8 Å². The van der Waals surface area contributed by atoms with Crippen LogP contribution < -0.4 is 15.4 Å². The number of nitrogens with two attached hydrogens (primary N) is 1. The van der Waals surface area contributed by atoms with E-state index in [4.69, 9.17) is 15.7 Å². The highest BCUT2D eigenvalue weighted by Crippen LogP contribution is 2.24. The van der Waals surface area contributed by atoms with Gasteiger partial charge in [-0.2, -0.15) is 5.26 Å². The van der Waals surface area contributed by atoms with Gasteiger partial charge in [-0.05, 0) is 36.4 Å². The van der Waals surface area contributed by atoms with Gasteiger partial charge in [0.1, 0.15) is 5.75 Å². The average molecular weight is 267 g/mol. The van der Waals surface area contributed by atoms with E-state index in [1.54, 1.807) is 13.2 Å². The first kappa shape index (κ1) is 13.8. The summed E-state index contributed by atoms with van der Waals surface area (Å²) in [5, 5.41) is 8.99. The predicted molar refractivity (Wildman–Crippen MR) is 80.7 cm³/mol. The molecule has 0 atom stereocenters. The summed E-state index contributed by atoms with van der Waals surface area (Å²) < 4.78 is 5.34. The van der Waals surface area contributed by atoms with Crippen LogP contribution in [0.4, 0.5) is 11.4 Å². The lowest BCUT2D eigenvalue weighted by Crippen LogP contribution is -2.17. The zero-order valence-corrected chi connectivity index (χ0v) is 11.6. The fraction of sp³-hybridized carbons (Fsp3) is 0.188. The molecule has 0 radical (unpaired) electrons. The smallest absolute Gasteiger partial charge is 0.123 e. The van der Waals surface area contributed by atoms with Gasteiger partial charge in [0.15, 0.2) is 0 Å². The Kier molecular flexibility index (Phi) is 4.11. The summed E-state index contributed by atoms with van der Waals surface area (Å²) in [4.78, 5) is 2.06. The fourth-order valence-corrected chi connectivity index (χ4v) is 2.08. The van der Waals surface area contributed by atoms with Crippen LogP contribution >= 0.6 is 0 Å². The second-order valence-corrected chi connectivity index (χ2v) is 4.59. The number of rotatable bonds is 4. The van der Waals surface area contributed by atoms with Crippen molar-refractivity contribution in [3.05, 3.63) is 53.6 Å². The molecule has 2 N–H and O–H groups in total. The summed E-state index contributed by atoms with van der Waals surface area (Å²) in [6.07, 6.45) is 0. The Bertz CT molecular complexity index is 646. The highest BCUT2D eigenvalue weighted by atomic mass is 16.5. The number of ether oxygens (including phenoxy) is 1. The van der Waals surface area contributed by atoms with Gasteiger partial charge in [0.2, 0.25) is 0 Å². The number of methoxy groups -OCH3 is 1. The van der Waals surface area contributed by atoms with Crippen molar-refractivity contribution in [1.29, 1.82) is 5.26 Å². The Morgan fingerprint density at radius 2 is 2.05 bits per heavy atom. The molecule has 0 fully saturated rings. The number of nitrogen functional groups attached to an aromatic ring is 1. The van der Waals surface area contributed by atoms with Gasteiger partial charge in [0.25, 0.3) is 0 Å². The molecule has 4 nitrogen and oxygen atoms in total. The molecular weight excluding hydrogens is 250 g/mol. The van der Waals surface area contributed by atoms with Crippen molar-refractivity contribution in [2.24, 2.45) is 0 Å². The maximum Gasteiger partial charge on any atom is 0.123 e. The molecule has 0 aliphatic carbocycles. The fourth-order valence-electron chi connectivity index (χ4n) is 2.08. The molecule has 2 aromatic rings. The van der Waals surface area contributed by atoms with E-state index in [0.717, 1.165) is 22.7 Å². The maximum atomic E-state index is 8.99. The second-order valence-electron chi connectivity index (χ2n) is 4.59. The van der Waals surface area contributed by atoms with Gasteiger partial charge in [0, 0.05) is 30.5 Å². The van der Waals surface area contributed by atoms with Gasteiger partial charge in [0.05, 0.1) is 18.7 Å². The molecule has 0 bridgehead atoms. The average Bonchev–Trinajstić information content (AvgIpc) is 2.47. The van der Waals surface area contributed by atoms with Crippen LogP contribution in [-0.2, 0) is 6.54 Å². The van der Waals surface area contributed by atoms with Gasteiger partial charge in [-0.1, -0.05) is 6.07 Å². The zero-order valence-electron chi connectivity index (χ0n) is 11.6. The van der Waals surface area contributed by atoms with Crippen LogP contribution in [0.5, 0.6) is 5.75 Å². The van der Waals surface area contributed by atoms with Crippen molar-refractivity contribution in [3.8, 4) is 11.8 Å². The quantitative estimate of drug-likeness (QED) is 0.865. The largest absolute Gasteiger partial charge is 0.496 e. The van der Waals surface area contributed by atoms with Crippen LogP contribution in [0, 0.1) is 11.3 Å². The van der Waals surface area contributed by atoms with Crippen molar-refractivity contribution in [2.45, 2.75) is 6.54 Å². The molecule has 0 aliphatic heterocycles. The van der Waals surface area contributed by atoms with Gasteiger partial charge in [-0.25, -0.2) is 0 Å². The minimum Gasteiger partial charge on any atom is -0.496 e. The van der Waals surface area contributed by atoms with Crippen LogP contribution in [0.3, 0.4) is 0 Å². The Hall–Kier alpha value is -2.67. The van der Waals surface area contributed by atoms with Crippen molar-refractivity contribution < 1.29 is 4.74 Å². The van der Waals surface area contributed by atoms with Crippen LogP contribution in [0.15, 0.2) is 42.5 Å². The molecule has 0 aliphatic rings. The molecule has 2 aromatic carbocycles. The monoisotopic (exact) mass is 267 g/mol. The van der Waals surface area contributed by atoms with Gasteiger partial charge < -0.3 is 15.4 Å². The molecule has 4 heteroatoms. The number of benzene rings is 2. The van der Waals surface area contributed by atoms with Crippen molar-refractivity contribution >= 4 is 11.4 Å². The molecule has 0 amide bonds. The molecule has 0 unspecified atom stereocenters. The van der Waals surface area contributed by atoms with Gasteiger partial charge >= 0.3 is 0 Å². The van der Waals surface area contributed by atoms with Crippen LogP contribution in [0.25, 0.3) is 0 Å². The molecule has 0 spiro atoms. The summed E-state index contributed by atoms with van der Waals surface area (Å²) in [7, 11) is 3.61. The molecule has 0 saturated heterocycles. The minimum absolute atomic E-state index is 0.627. The minimum atomic E-state index is 0.627. The van der Waals surface area contributed by atoms with E-state index in [9.17, 15) is 0 Å². The first-order valence-corrected chi connectivity index (χ1v) is 6.27. The topological polar surface area (TPSA) is 62.3 Å². The normalized spacial score (nSPS) is 9.85. The first-order chi connectivity index (χ1) is 9.63. The number of nitrogens with zero attached hydrogens (tertiary/aromatic N) is 2. The summed E-state index contributed by atoms with van der Waals surface area (Å²) >= 11 is 0. The Morgan fingerprint density at radius 3 is 2.70 bits per heavy atom.